The predicted octanol–water partition coefficient (Wildman–Crippen LogP) is 4.33. The summed E-state index contributed by atoms with van der Waals surface area (Å²) in [6.45, 7) is 3.42. The normalized spacial score (nSPS) is 16.0. The van der Waals surface area contributed by atoms with Gasteiger partial charge >= 0.3 is 0 Å². The van der Waals surface area contributed by atoms with Gasteiger partial charge in [-0.25, -0.2) is 8.42 Å². The number of carbonyl (C=O) groups excluding carboxylic acids is 1. The molecule has 0 spiro atoms. The van der Waals surface area contributed by atoms with Gasteiger partial charge in [0.2, 0.25) is 5.91 Å². The molecule has 38 heavy (non-hydrogen) atoms. The third-order valence-corrected chi connectivity index (χ3v) is 8.07. The molecule has 202 valence electrons. The van der Waals surface area contributed by atoms with E-state index in [0.29, 0.717) is 29.4 Å². The molecular weight excluding hydrogens is 508 g/mol. The Morgan fingerprint density at radius 3 is 2.34 bits per heavy atom. The average Bonchev–Trinajstić information content (AvgIpc) is 2.91. The van der Waals surface area contributed by atoms with Gasteiger partial charge in [-0.15, -0.1) is 0 Å². The Balaban J connectivity index is 1.69. The Hall–Kier alpha value is -3.92. The van der Waals surface area contributed by atoms with Gasteiger partial charge in [0, 0.05) is 18.1 Å². The number of nitrogens with one attached hydrogen (secondary N) is 1. The smallest absolute Gasteiger partial charge is 0.264 e. The van der Waals surface area contributed by atoms with Crippen LogP contribution in [0.4, 0.5) is 5.69 Å². The molecular formula is C28H32N2O7S. The van der Waals surface area contributed by atoms with Crippen molar-refractivity contribution >= 4 is 21.6 Å². The molecule has 0 fully saturated rings. The largest absolute Gasteiger partial charge is 0.497 e. The standard InChI is InChI=1S/C28H32N2O7S/c1-28(2)17-23(22-16-20(34-3)12-14-24(22)37-28)29-27(31)18-30(38(32,33)21-9-7-6-8-10-21)19-11-13-25(35-4)26(15-19)36-5/h6-16,23H,17-18H2,1-5H3,(H,29,31). The van der Waals surface area contributed by atoms with E-state index in [4.69, 9.17) is 18.9 Å². The minimum atomic E-state index is -4.10. The number of anilines is 1. The van der Waals surface area contributed by atoms with Crippen LogP contribution in [-0.4, -0.2) is 47.8 Å². The van der Waals surface area contributed by atoms with E-state index in [1.807, 2.05) is 26.0 Å². The fraction of sp³-hybridized carbons (Fsp3) is 0.321. The molecule has 0 bridgehead atoms. The first-order chi connectivity index (χ1) is 18.1. The minimum absolute atomic E-state index is 0.0601. The van der Waals surface area contributed by atoms with Gasteiger partial charge in [0.05, 0.1) is 38.0 Å². The number of hydrogen-bond acceptors (Lipinski definition) is 7. The maximum atomic E-state index is 13.7. The summed E-state index contributed by atoms with van der Waals surface area (Å²) in [6.07, 6.45) is 0.487. The zero-order valence-electron chi connectivity index (χ0n) is 22.1. The number of hydrogen-bond donors (Lipinski definition) is 1. The quantitative estimate of drug-likeness (QED) is 0.431. The lowest BCUT2D eigenvalue weighted by molar-refractivity contribution is -0.120. The van der Waals surface area contributed by atoms with E-state index in [1.165, 1.54) is 32.4 Å². The molecule has 1 aliphatic heterocycles. The summed E-state index contributed by atoms with van der Waals surface area (Å²) in [4.78, 5) is 13.5. The number of methoxy groups -OCH3 is 3. The molecule has 3 aromatic rings. The van der Waals surface area contributed by atoms with Crippen molar-refractivity contribution in [2.45, 2.75) is 36.8 Å². The number of sulfonamides is 1. The van der Waals surface area contributed by atoms with Crippen LogP contribution < -0.4 is 28.6 Å². The van der Waals surface area contributed by atoms with E-state index in [1.54, 1.807) is 43.5 Å². The lowest BCUT2D eigenvalue weighted by Crippen LogP contribution is -2.45. The summed E-state index contributed by atoms with van der Waals surface area (Å²) >= 11 is 0. The Morgan fingerprint density at radius 1 is 0.974 bits per heavy atom. The molecule has 1 heterocycles. The number of ether oxygens (including phenoxy) is 4. The van der Waals surface area contributed by atoms with E-state index in [-0.39, 0.29) is 10.6 Å². The molecule has 0 aliphatic carbocycles. The Labute approximate surface area is 223 Å². The van der Waals surface area contributed by atoms with Gasteiger partial charge in [0.25, 0.3) is 10.0 Å². The molecule has 0 radical (unpaired) electrons. The first-order valence-electron chi connectivity index (χ1n) is 12.0. The van der Waals surface area contributed by atoms with E-state index in [2.05, 4.69) is 5.32 Å². The van der Waals surface area contributed by atoms with Crippen molar-refractivity contribution in [3.8, 4) is 23.0 Å². The maximum Gasteiger partial charge on any atom is 0.264 e. The summed E-state index contributed by atoms with van der Waals surface area (Å²) in [5.41, 5.74) is 0.482. The summed E-state index contributed by atoms with van der Waals surface area (Å²) in [5, 5.41) is 3.02. The number of amides is 1. The van der Waals surface area contributed by atoms with Gasteiger partial charge in [-0.3, -0.25) is 9.10 Å². The zero-order chi connectivity index (χ0) is 27.5. The van der Waals surface area contributed by atoms with Gasteiger partial charge in [0.15, 0.2) is 11.5 Å². The number of fused-ring (bicyclic) bond motifs is 1. The highest BCUT2D eigenvalue weighted by Crippen LogP contribution is 2.41. The SMILES string of the molecule is COc1ccc2c(c1)C(NC(=O)CN(c1ccc(OC)c(OC)c1)S(=O)(=O)c1ccccc1)CC(C)(C)O2. The van der Waals surface area contributed by atoms with E-state index < -0.39 is 34.1 Å². The summed E-state index contributed by atoms with van der Waals surface area (Å²) in [7, 11) is 0.424. The van der Waals surface area contributed by atoms with Gasteiger partial charge in [-0.05, 0) is 56.3 Å². The summed E-state index contributed by atoms with van der Waals surface area (Å²) < 4.78 is 50.7. The zero-order valence-corrected chi connectivity index (χ0v) is 22.9. The van der Waals surface area contributed by atoms with Crippen LogP contribution in [0.1, 0.15) is 31.9 Å². The second kappa shape index (κ2) is 10.8. The Kier molecular flexibility index (Phi) is 7.73. The number of nitrogens with zero attached hydrogens (tertiary/aromatic N) is 1. The van der Waals surface area contributed by atoms with Crippen LogP contribution in [0.5, 0.6) is 23.0 Å². The molecule has 1 aliphatic rings. The van der Waals surface area contributed by atoms with Crippen LogP contribution in [0, 0.1) is 0 Å². The Morgan fingerprint density at radius 2 is 1.68 bits per heavy atom. The first kappa shape index (κ1) is 27.1. The van der Waals surface area contributed by atoms with Crippen LogP contribution in [-0.2, 0) is 14.8 Å². The molecule has 1 N–H and O–H groups in total. The lowest BCUT2D eigenvalue weighted by atomic mass is 9.89. The van der Waals surface area contributed by atoms with E-state index >= 15 is 0 Å². The highest BCUT2D eigenvalue weighted by atomic mass is 32.2. The second-order valence-corrected chi connectivity index (χ2v) is 11.3. The topological polar surface area (TPSA) is 103 Å². The van der Waals surface area contributed by atoms with Crippen LogP contribution in [0.2, 0.25) is 0 Å². The van der Waals surface area contributed by atoms with Gasteiger partial charge in [0.1, 0.15) is 23.6 Å². The molecule has 4 rings (SSSR count). The van der Waals surface area contributed by atoms with Gasteiger partial charge in [-0.2, -0.15) is 0 Å². The summed E-state index contributed by atoms with van der Waals surface area (Å²) in [6, 6.07) is 17.7. The molecule has 9 nitrogen and oxygen atoms in total. The molecule has 0 saturated carbocycles. The molecule has 1 unspecified atom stereocenters. The van der Waals surface area contributed by atoms with Crippen LogP contribution in [0.15, 0.2) is 71.6 Å². The van der Waals surface area contributed by atoms with Crippen LogP contribution in [0.25, 0.3) is 0 Å². The molecule has 10 heteroatoms. The van der Waals surface area contributed by atoms with Crippen molar-refractivity contribution in [3.63, 3.8) is 0 Å². The second-order valence-electron chi connectivity index (χ2n) is 9.45. The number of carbonyl (C=O) groups is 1. The molecule has 0 saturated heterocycles. The minimum Gasteiger partial charge on any atom is -0.497 e. The highest BCUT2D eigenvalue weighted by molar-refractivity contribution is 7.92. The van der Waals surface area contributed by atoms with Crippen molar-refractivity contribution in [2.75, 3.05) is 32.2 Å². The monoisotopic (exact) mass is 540 g/mol. The fourth-order valence-corrected chi connectivity index (χ4v) is 5.91. The molecule has 3 aromatic carbocycles. The van der Waals surface area contributed by atoms with Crippen LogP contribution in [0.3, 0.4) is 0 Å². The third kappa shape index (κ3) is 5.65. The predicted molar refractivity (Wildman–Crippen MR) is 144 cm³/mol. The molecule has 1 amide bonds. The fourth-order valence-electron chi connectivity index (χ4n) is 4.47. The van der Waals surface area contributed by atoms with Crippen molar-refractivity contribution in [1.29, 1.82) is 0 Å². The summed E-state index contributed by atoms with van der Waals surface area (Å²) in [5.74, 6) is 1.57. The molecule has 0 aromatic heterocycles. The average molecular weight is 541 g/mol. The van der Waals surface area contributed by atoms with E-state index in [0.717, 1.165) is 9.87 Å². The van der Waals surface area contributed by atoms with Crippen molar-refractivity contribution in [1.82, 2.24) is 5.32 Å². The molecule has 1 atom stereocenters. The lowest BCUT2D eigenvalue weighted by Gasteiger charge is -2.38. The first-order valence-corrected chi connectivity index (χ1v) is 13.5. The van der Waals surface area contributed by atoms with Crippen LogP contribution >= 0.6 is 0 Å². The number of rotatable bonds is 9. The van der Waals surface area contributed by atoms with Crippen molar-refractivity contribution in [3.05, 3.63) is 72.3 Å². The maximum absolute atomic E-state index is 13.7. The van der Waals surface area contributed by atoms with E-state index in [9.17, 15) is 13.2 Å². The third-order valence-electron chi connectivity index (χ3n) is 6.28. The van der Waals surface area contributed by atoms with Gasteiger partial charge < -0.3 is 24.3 Å². The number of benzene rings is 3. The van der Waals surface area contributed by atoms with Gasteiger partial charge in [-0.1, -0.05) is 18.2 Å². The van der Waals surface area contributed by atoms with Crippen molar-refractivity contribution < 1.29 is 32.2 Å². The van der Waals surface area contributed by atoms with Crippen molar-refractivity contribution in [2.24, 2.45) is 0 Å². The Bertz CT molecular complexity index is 1410. The highest BCUT2D eigenvalue weighted by Gasteiger charge is 2.36.